The normalized spacial score (nSPS) is 51.4. The van der Waals surface area contributed by atoms with Crippen LogP contribution in [0.4, 0.5) is 9.18 Å². The minimum atomic E-state index is -2.45. The molecule has 3 aliphatic heterocycles. The Kier molecular flexibility index (Phi) is 2.40. The summed E-state index contributed by atoms with van der Waals surface area (Å²) in [6, 6.07) is -0.917. The lowest BCUT2D eigenvalue weighted by molar-refractivity contribution is -0.748. The average Bonchev–Trinajstić information content (AvgIpc) is 2.81. The Bertz CT molecular complexity index is 510. The Hall–Kier alpha value is -1.06. The molecule has 0 aromatic rings. The van der Waals surface area contributed by atoms with Gasteiger partial charge < -0.3 is 14.9 Å². The second-order valence-electron chi connectivity index (χ2n) is 4.84. The fourth-order valence-electron chi connectivity index (χ4n) is 2.77. The zero-order chi connectivity index (χ0) is 14.1. The quantitative estimate of drug-likeness (QED) is 0.261. The number of alkyl halides is 2. The van der Waals surface area contributed by atoms with Crippen molar-refractivity contribution < 1.29 is 33.4 Å². The lowest BCUT2D eigenvalue weighted by Crippen LogP contribution is -2.60. The number of nitrogens with one attached hydrogen (secondary N) is 1. The lowest BCUT2D eigenvalue weighted by Gasteiger charge is -2.33. The number of hydrogen-bond donors (Lipinski definition) is 3. The summed E-state index contributed by atoms with van der Waals surface area (Å²) in [7, 11) is 0. The second kappa shape index (κ2) is 3.53. The third kappa shape index (κ3) is 1.17. The highest BCUT2D eigenvalue weighted by Gasteiger charge is 2.97. The van der Waals surface area contributed by atoms with Gasteiger partial charge in [-0.05, 0) is 0 Å². The van der Waals surface area contributed by atoms with Crippen LogP contribution in [0.15, 0.2) is 12.3 Å². The predicted octanol–water partition coefficient (Wildman–Crippen LogP) is -1.07. The fraction of sp³-hybridized carbons (Fsp3) is 0.600. The first kappa shape index (κ1) is 12.9. The molecule has 0 radical (unpaired) electrons. The molecule has 3 rings (SSSR count). The maximum Gasteiger partial charge on any atom is 0.433 e. The molecule has 0 saturated carbocycles. The van der Waals surface area contributed by atoms with Gasteiger partial charge in [-0.2, -0.15) is 4.39 Å². The number of ether oxygens (including phenoxy) is 1. The van der Waals surface area contributed by atoms with Gasteiger partial charge in [-0.3, -0.25) is 4.79 Å². The number of fused-ring (bicyclic) bond motifs is 3. The Morgan fingerprint density at radius 3 is 2.68 bits per heavy atom. The highest BCUT2D eigenvalue weighted by Crippen LogP contribution is 2.64. The summed E-state index contributed by atoms with van der Waals surface area (Å²) >= 11 is 5.60. The highest BCUT2D eigenvalue weighted by atomic mass is 35.5. The number of carbonyl (C=O) groups is 2. The van der Waals surface area contributed by atoms with Crippen LogP contribution in [0.1, 0.15) is 0 Å². The molecule has 2 saturated heterocycles. The van der Waals surface area contributed by atoms with E-state index in [0.717, 1.165) is 12.3 Å². The van der Waals surface area contributed by atoms with Gasteiger partial charge in [0, 0.05) is 0 Å². The van der Waals surface area contributed by atoms with Gasteiger partial charge in [0.2, 0.25) is 0 Å². The summed E-state index contributed by atoms with van der Waals surface area (Å²) in [6.07, 6.45) is -1.06. The standard InChI is InChI=1S/C10H10ClFN2O5/c11-3-9(4-15)6(17)10(12)7(19-9)14(10)2-1-5(16)13-8(14)18/h1-2,6-7,15,17H,3-4H2/p+1/t6-,7-,9-,10-,14?/m1/s1. The van der Waals surface area contributed by atoms with Crippen molar-refractivity contribution in [3.8, 4) is 0 Å². The monoisotopic (exact) mass is 293 g/mol. The van der Waals surface area contributed by atoms with E-state index in [-0.39, 0.29) is 5.88 Å². The molecule has 1 spiro atoms. The number of aliphatic hydroxyl groups is 2. The van der Waals surface area contributed by atoms with Crippen molar-refractivity contribution >= 4 is 23.5 Å². The maximum absolute atomic E-state index is 14.9. The largest absolute Gasteiger partial charge is 0.433 e. The van der Waals surface area contributed by atoms with Crippen molar-refractivity contribution in [2.75, 3.05) is 12.5 Å². The van der Waals surface area contributed by atoms with Crippen LogP contribution >= 0.6 is 11.6 Å². The molecular formula is C10H11ClFN2O5+. The van der Waals surface area contributed by atoms with E-state index in [4.69, 9.17) is 16.3 Å². The first-order valence-corrected chi connectivity index (χ1v) is 6.07. The molecule has 2 fully saturated rings. The van der Waals surface area contributed by atoms with E-state index < -0.39 is 46.8 Å². The van der Waals surface area contributed by atoms with Crippen LogP contribution in [0.3, 0.4) is 0 Å². The van der Waals surface area contributed by atoms with E-state index in [1.807, 2.05) is 5.32 Å². The molecule has 7 nitrogen and oxygen atoms in total. The molecule has 0 aromatic carbocycles. The molecule has 3 aliphatic rings. The summed E-state index contributed by atoms with van der Waals surface area (Å²) in [4.78, 5) is 22.8. The van der Waals surface area contributed by atoms with Gasteiger partial charge in [-0.15, -0.1) is 16.1 Å². The summed E-state index contributed by atoms with van der Waals surface area (Å²) in [5.41, 5.74) is -1.64. The summed E-state index contributed by atoms with van der Waals surface area (Å²) in [5, 5.41) is 21.2. The van der Waals surface area contributed by atoms with Gasteiger partial charge in [0.15, 0.2) is 6.10 Å². The first-order chi connectivity index (χ1) is 8.89. The zero-order valence-corrected chi connectivity index (χ0v) is 10.3. The van der Waals surface area contributed by atoms with Gasteiger partial charge in [0.25, 0.3) is 5.91 Å². The van der Waals surface area contributed by atoms with Crippen LogP contribution in [-0.2, 0) is 9.53 Å². The highest BCUT2D eigenvalue weighted by molar-refractivity contribution is 6.18. The smallest absolute Gasteiger partial charge is 0.393 e. The SMILES string of the molecule is O=C1C=C[N+]2(C(=O)N1)[C@@H]1O[C@@](CO)(CCl)[C@@H](O)[C@]12F. The van der Waals surface area contributed by atoms with Crippen LogP contribution in [0, 0.1) is 0 Å². The number of carbonyl (C=O) groups excluding carboxylic acids is 2. The molecule has 3 heterocycles. The first-order valence-electron chi connectivity index (χ1n) is 5.54. The topological polar surface area (TPSA) is 95.9 Å². The predicted molar refractivity (Wildman–Crippen MR) is 58.2 cm³/mol. The second-order valence-corrected chi connectivity index (χ2v) is 5.11. The third-order valence-electron chi connectivity index (χ3n) is 3.96. The van der Waals surface area contributed by atoms with E-state index in [9.17, 15) is 24.2 Å². The molecule has 3 amide bonds. The number of nitrogens with zero attached hydrogens (tertiary/aromatic N) is 1. The van der Waals surface area contributed by atoms with Crippen molar-refractivity contribution in [1.29, 1.82) is 0 Å². The fourth-order valence-corrected chi connectivity index (χ4v) is 3.06. The summed E-state index contributed by atoms with van der Waals surface area (Å²) in [6.45, 7) is -0.676. The molecule has 5 atom stereocenters. The number of quaternary nitrogens is 1. The van der Waals surface area contributed by atoms with Crippen LogP contribution in [0.2, 0.25) is 0 Å². The molecule has 104 valence electrons. The van der Waals surface area contributed by atoms with Crippen LogP contribution in [0.5, 0.6) is 0 Å². The number of urea groups is 1. The van der Waals surface area contributed by atoms with Crippen LogP contribution in [-0.4, -0.2) is 62.8 Å². The van der Waals surface area contributed by atoms with E-state index in [1.165, 1.54) is 0 Å². The van der Waals surface area contributed by atoms with E-state index >= 15 is 0 Å². The Balaban J connectivity index is 2.00. The number of aliphatic hydroxyl groups excluding tert-OH is 2. The summed E-state index contributed by atoms with van der Waals surface area (Å²) in [5.74, 6) is -3.43. The molecule has 19 heavy (non-hydrogen) atoms. The van der Waals surface area contributed by atoms with Gasteiger partial charge in [-0.1, -0.05) is 0 Å². The summed E-state index contributed by atoms with van der Waals surface area (Å²) < 4.78 is 19.2. The molecule has 1 unspecified atom stereocenters. The molecule has 0 bridgehead atoms. The maximum atomic E-state index is 14.9. The molecule has 3 N–H and O–H groups in total. The Morgan fingerprint density at radius 2 is 2.26 bits per heavy atom. The average molecular weight is 294 g/mol. The lowest BCUT2D eigenvalue weighted by atomic mass is 9.98. The van der Waals surface area contributed by atoms with E-state index in [2.05, 4.69) is 0 Å². The number of hydrogen-bond acceptors (Lipinski definition) is 5. The molecular weight excluding hydrogens is 283 g/mol. The van der Waals surface area contributed by atoms with Gasteiger partial charge in [0.05, 0.1) is 18.6 Å². The number of halogens is 2. The van der Waals surface area contributed by atoms with Crippen LogP contribution in [0.25, 0.3) is 0 Å². The number of imide groups is 1. The van der Waals surface area contributed by atoms with Crippen molar-refractivity contribution in [1.82, 2.24) is 5.32 Å². The molecule has 0 aromatic heterocycles. The van der Waals surface area contributed by atoms with Crippen molar-refractivity contribution in [2.45, 2.75) is 23.7 Å². The Morgan fingerprint density at radius 1 is 1.58 bits per heavy atom. The minimum Gasteiger partial charge on any atom is -0.393 e. The van der Waals surface area contributed by atoms with Gasteiger partial charge in [0.1, 0.15) is 11.8 Å². The van der Waals surface area contributed by atoms with Crippen molar-refractivity contribution in [3.63, 3.8) is 0 Å². The minimum absolute atomic E-state index is 0.322. The van der Waals surface area contributed by atoms with Gasteiger partial charge >= 0.3 is 18.1 Å². The van der Waals surface area contributed by atoms with Crippen LogP contribution < -0.4 is 5.32 Å². The molecule has 0 aliphatic carbocycles. The van der Waals surface area contributed by atoms with E-state index in [1.54, 1.807) is 0 Å². The number of rotatable bonds is 2. The van der Waals surface area contributed by atoms with E-state index in [0.29, 0.717) is 0 Å². The zero-order valence-electron chi connectivity index (χ0n) is 9.55. The molecule has 9 heteroatoms. The van der Waals surface area contributed by atoms with Crippen molar-refractivity contribution in [2.24, 2.45) is 0 Å². The van der Waals surface area contributed by atoms with Gasteiger partial charge in [-0.25, -0.2) is 10.1 Å². The number of amides is 3. The Labute approximate surface area is 111 Å². The third-order valence-corrected chi connectivity index (χ3v) is 4.42. The van der Waals surface area contributed by atoms with Crippen molar-refractivity contribution in [3.05, 3.63) is 12.3 Å².